The molecule has 1 aliphatic rings. The summed E-state index contributed by atoms with van der Waals surface area (Å²) in [7, 11) is 0. The zero-order chi connectivity index (χ0) is 11.2. The highest BCUT2D eigenvalue weighted by molar-refractivity contribution is 5.53. The molecule has 0 spiro atoms. The molecule has 84 valence electrons. The molecule has 2 N–H and O–H groups in total. The molecule has 1 aromatic rings. The molecule has 1 aromatic heterocycles. The summed E-state index contributed by atoms with van der Waals surface area (Å²) in [6, 6.07) is 6.57. The van der Waals surface area contributed by atoms with Crippen molar-refractivity contribution in [3.63, 3.8) is 0 Å². The van der Waals surface area contributed by atoms with E-state index in [9.17, 15) is 0 Å². The predicted octanol–water partition coefficient (Wildman–Crippen LogP) is 1.51. The van der Waals surface area contributed by atoms with Gasteiger partial charge in [-0.2, -0.15) is 5.26 Å². The van der Waals surface area contributed by atoms with E-state index in [-0.39, 0.29) is 0 Å². The summed E-state index contributed by atoms with van der Waals surface area (Å²) < 4.78 is 0. The van der Waals surface area contributed by atoms with Gasteiger partial charge in [0.2, 0.25) is 0 Å². The lowest BCUT2D eigenvalue weighted by Crippen LogP contribution is -2.20. The molecule has 0 atom stereocenters. The predicted molar refractivity (Wildman–Crippen MR) is 63.1 cm³/mol. The van der Waals surface area contributed by atoms with E-state index >= 15 is 0 Å². The average Bonchev–Trinajstić information content (AvgIpc) is 3.13. The Morgan fingerprint density at radius 3 is 3.06 bits per heavy atom. The molecule has 1 saturated carbocycles. The summed E-state index contributed by atoms with van der Waals surface area (Å²) in [5.74, 6) is 0. The van der Waals surface area contributed by atoms with Gasteiger partial charge in [0.25, 0.3) is 0 Å². The quantitative estimate of drug-likeness (QED) is 0.708. The minimum Gasteiger partial charge on any atom is -0.383 e. The standard InChI is InChI=1S/C12H16N4/c13-9-12-11(3-1-6-16-12)15-8-2-7-14-10-4-5-10/h1,3,6,10,14-15H,2,4-5,7-8H2. The van der Waals surface area contributed by atoms with Crippen molar-refractivity contribution in [3.05, 3.63) is 24.0 Å². The number of rotatable bonds is 6. The first kappa shape index (κ1) is 10.9. The smallest absolute Gasteiger partial charge is 0.163 e. The van der Waals surface area contributed by atoms with Gasteiger partial charge >= 0.3 is 0 Å². The van der Waals surface area contributed by atoms with E-state index in [1.807, 2.05) is 12.1 Å². The highest BCUT2D eigenvalue weighted by Gasteiger charge is 2.19. The van der Waals surface area contributed by atoms with Gasteiger partial charge in [0.05, 0.1) is 5.69 Å². The Hall–Kier alpha value is -1.60. The molecule has 1 heterocycles. The molecule has 16 heavy (non-hydrogen) atoms. The van der Waals surface area contributed by atoms with Crippen molar-refractivity contribution in [2.24, 2.45) is 0 Å². The SMILES string of the molecule is N#Cc1ncccc1NCCCNC1CC1. The van der Waals surface area contributed by atoms with Crippen molar-refractivity contribution in [3.8, 4) is 6.07 Å². The van der Waals surface area contributed by atoms with Crippen molar-refractivity contribution < 1.29 is 0 Å². The lowest BCUT2D eigenvalue weighted by molar-refractivity contribution is 0.659. The van der Waals surface area contributed by atoms with Crippen LogP contribution in [0.1, 0.15) is 25.0 Å². The van der Waals surface area contributed by atoms with E-state index in [0.29, 0.717) is 5.69 Å². The number of nitrogens with zero attached hydrogens (tertiary/aromatic N) is 2. The minimum absolute atomic E-state index is 0.470. The lowest BCUT2D eigenvalue weighted by atomic mass is 10.3. The number of nitrogens with one attached hydrogen (secondary N) is 2. The van der Waals surface area contributed by atoms with Crippen LogP contribution >= 0.6 is 0 Å². The van der Waals surface area contributed by atoms with Crippen molar-refractivity contribution in [1.29, 1.82) is 5.26 Å². The second-order valence-corrected chi connectivity index (χ2v) is 4.02. The molecular weight excluding hydrogens is 200 g/mol. The van der Waals surface area contributed by atoms with E-state index in [1.165, 1.54) is 12.8 Å². The van der Waals surface area contributed by atoms with E-state index in [1.54, 1.807) is 6.20 Å². The highest BCUT2D eigenvalue weighted by atomic mass is 15.0. The van der Waals surface area contributed by atoms with Gasteiger partial charge < -0.3 is 10.6 Å². The third-order valence-electron chi connectivity index (χ3n) is 2.59. The van der Waals surface area contributed by atoms with Crippen LogP contribution in [0, 0.1) is 11.3 Å². The Balaban J connectivity index is 1.69. The Morgan fingerprint density at radius 1 is 1.44 bits per heavy atom. The van der Waals surface area contributed by atoms with Crippen LogP contribution in [0.25, 0.3) is 0 Å². The fraction of sp³-hybridized carbons (Fsp3) is 0.500. The van der Waals surface area contributed by atoms with Crippen molar-refractivity contribution in [2.45, 2.75) is 25.3 Å². The summed E-state index contributed by atoms with van der Waals surface area (Å²) in [4.78, 5) is 4.00. The molecule has 0 radical (unpaired) electrons. The fourth-order valence-electron chi connectivity index (χ4n) is 1.54. The number of hydrogen-bond acceptors (Lipinski definition) is 4. The summed E-state index contributed by atoms with van der Waals surface area (Å²) in [6.07, 6.45) is 5.36. The van der Waals surface area contributed by atoms with E-state index in [0.717, 1.165) is 31.2 Å². The Labute approximate surface area is 95.7 Å². The third-order valence-corrected chi connectivity index (χ3v) is 2.59. The number of nitriles is 1. The summed E-state index contributed by atoms with van der Waals surface area (Å²) >= 11 is 0. The first-order valence-corrected chi connectivity index (χ1v) is 5.72. The maximum Gasteiger partial charge on any atom is 0.163 e. The van der Waals surface area contributed by atoms with E-state index in [4.69, 9.17) is 5.26 Å². The first-order valence-electron chi connectivity index (χ1n) is 5.72. The van der Waals surface area contributed by atoms with Crippen LogP contribution in [-0.4, -0.2) is 24.1 Å². The molecule has 0 amide bonds. The monoisotopic (exact) mass is 216 g/mol. The Bertz CT molecular complexity index is 379. The third kappa shape index (κ3) is 3.21. The van der Waals surface area contributed by atoms with Crippen LogP contribution in [0.5, 0.6) is 0 Å². The van der Waals surface area contributed by atoms with Gasteiger partial charge in [-0.05, 0) is 37.9 Å². The number of pyridine rings is 1. The van der Waals surface area contributed by atoms with Gasteiger partial charge in [-0.15, -0.1) is 0 Å². The second-order valence-electron chi connectivity index (χ2n) is 4.02. The van der Waals surface area contributed by atoms with Crippen LogP contribution in [0.4, 0.5) is 5.69 Å². The van der Waals surface area contributed by atoms with Gasteiger partial charge in [-0.1, -0.05) is 0 Å². The summed E-state index contributed by atoms with van der Waals surface area (Å²) in [5.41, 5.74) is 1.30. The van der Waals surface area contributed by atoms with Crippen LogP contribution in [0.3, 0.4) is 0 Å². The topological polar surface area (TPSA) is 60.7 Å². The molecule has 4 nitrogen and oxygen atoms in total. The maximum atomic E-state index is 8.84. The van der Waals surface area contributed by atoms with E-state index in [2.05, 4.69) is 21.7 Å². The maximum absolute atomic E-state index is 8.84. The molecule has 1 aliphatic carbocycles. The summed E-state index contributed by atoms with van der Waals surface area (Å²) in [6.45, 7) is 1.92. The average molecular weight is 216 g/mol. The molecule has 0 unspecified atom stereocenters. The van der Waals surface area contributed by atoms with Gasteiger partial charge in [-0.3, -0.25) is 0 Å². The van der Waals surface area contributed by atoms with Gasteiger partial charge in [0, 0.05) is 18.8 Å². The molecule has 0 saturated heterocycles. The van der Waals surface area contributed by atoms with Crippen molar-refractivity contribution in [2.75, 3.05) is 18.4 Å². The number of hydrogen-bond donors (Lipinski definition) is 2. The number of aromatic nitrogens is 1. The van der Waals surface area contributed by atoms with Gasteiger partial charge in [0.1, 0.15) is 6.07 Å². The normalized spacial score (nSPS) is 14.4. The van der Waals surface area contributed by atoms with E-state index < -0.39 is 0 Å². The highest BCUT2D eigenvalue weighted by Crippen LogP contribution is 2.18. The largest absolute Gasteiger partial charge is 0.383 e. The molecular formula is C12H16N4. The molecule has 1 fully saturated rings. The molecule has 0 aliphatic heterocycles. The van der Waals surface area contributed by atoms with Crippen LogP contribution < -0.4 is 10.6 Å². The Morgan fingerprint density at radius 2 is 2.31 bits per heavy atom. The molecule has 0 bridgehead atoms. The van der Waals surface area contributed by atoms with Crippen LogP contribution in [0.15, 0.2) is 18.3 Å². The molecule has 0 aromatic carbocycles. The lowest BCUT2D eigenvalue weighted by Gasteiger charge is -2.07. The second kappa shape index (κ2) is 5.47. The van der Waals surface area contributed by atoms with Crippen LogP contribution in [-0.2, 0) is 0 Å². The van der Waals surface area contributed by atoms with Gasteiger partial charge in [0.15, 0.2) is 5.69 Å². The zero-order valence-corrected chi connectivity index (χ0v) is 9.24. The van der Waals surface area contributed by atoms with Crippen molar-refractivity contribution >= 4 is 5.69 Å². The summed E-state index contributed by atoms with van der Waals surface area (Å²) in [5, 5.41) is 15.5. The number of anilines is 1. The van der Waals surface area contributed by atoms with Crippen LogP contribution in [0.2, 0.25) is 0 Å². The molecule has 4 heteroatoms. The minimum atomic E-state index is 0.470. The zero-order valence-electron chi connectivity index (χ0n) is 9.24. The van der Waals surface area contributed by atoms with Gasteiger partial charge in [-0.25, -0.2) is 4.98 Å². The van der Waals surface area contributed by atoms with Crippen molar-refractivity contribution in [1.82, 2.24) is 10.3 Å². The molecule has 2 rings (SSSR count). The first-order chi connectivity index (χ1) is 7.90. The Kier molecular flexibility index (Phi) is 3.73. The fourth-order valence-corrected chi connectivity index (χ4v) is 1.54.